The summed E-state index contributed by atoms with van der Waals surface area (Å²) in [7, 11) is 1.55. The van der Waals surface area contributed by atoms with Crippen LogP contribution in [0.25, 0.3) is 0 Å². The Morgan fingerprint density at radius 2 is 2.00 bits per heavy atom. The van der Waals surface area contributed by atoms with E-state index in [1.165, 1.54) is 12.8 Å². The average Bonchev–Trinajstić information content (AvgIpc) is 3.39. The van der Waals surface area contributed by atoms with Crippen molar-refractivity contribution in [2.75, 3.05) is 13.7 Å². The summed E-state index contributed by atoms with van der Waals surface area (Å²) in [6.07, 6.45) is 4.45. The molecule has 1 N–H and O–H groups in total. The van der Waals surface area contributed by atoms with Crippen LogP contribution in [0, 0.1) is 0 Å². The van der Waals surface area contributed by atoms with Gasteiger partial charge >= 0.3 is 0 Å². The molecule has 0 spiro atoms. The molecule has 1 aromatic heterocycles. The van der Waals surface area contributed by atoms with Gasteiger partial charge in [-0.15, -0.1) is 0 Å². The van der Waals surface area contributed by atoms with E-state index in [0.29, 0.717) is 35.3 Å². The van der Waals surface area contributed by atoms with E-state index in [1.54, 1.807) is 25.3 Å². The van der Waals surface area contributed by atoms with Crippen molar-refractivity contribution in [1.82, 2.24) is 15.2 Å². The van der Waals surface area contributed by atoms with Crippen LogP contribution in [-0.2, 0) is 17.9 Å². The fraction of sp³-hybridized carbons (Fsp3) is 0.409. The van der Waals surface area contributed by atoms with Gasteiger partial charge in [-0.25, -0.2) is 4.98 Å². The standard InChI is InChI=1S/C22H25N3O4/c1-28-21-15(12-23-20(26)14-29-17-9-3-2-4-10-17)11-18-19(24-21)13-25(22(18)27)16-7-5-6-8-16/h2-4,9-11,16H,5-8,12-14H2,1H3,(H,23,26). The number of pyridine rings is 1. The Morgan fingerprint density at radius 3 is 2.72 bits per heavy atom. The number of nitrogens with zero attached hydrogens (tertiary/aromatic N) is 2. The lowest BCUT2D eigenvalue weighted by Crippen LogP contribution is -2.33. The normalized spacial score (nSPS) is 16.0. The fourth-order valence-electron chi connectivity index (χ4n) is 3.99. The quantitative estimate of drug-likeness (QED) is 0.780. The van der Waals surface area contributed by atoms with Crippen LogP contribution >= 0.6 is 0 Å². The highest BCUT2D eigenvalue weighted by Crippen LogP contribution is 2.33. The Labute approximate surface area is 170 Å². The smallest absolute Gasteiger partial charge is 0.258 e. The van der Waals surface area contributed by atoms with Gasteiger partial charge in [0.15, 0.2) is 6.61 Å². The predicted octanol–water partition coefficient (Wildman–Crippen LogP) is 2.68. The maximum atomic E-state index is 12.9. The van der Waals surface area contributed by atoms with E-state index < -0.39 is 0 Å². The lowest BCUT2D eigenvalue weighted by Gasteiger charge is -2.22. The van der Waals surface area contributed by atoms with Crippen LogP contribution < -0.4 is 14.8 Å². The number of benzene rings is 1. The molecule has 2 heterocycles. The summed E-state index contributed by atoms with van der Waals surface area (Å²) in [5.41, 5.74) is 2.05. The first-order valence-electron chi connectivity index (χ1n) is 9.98. The lowest BCUT2D eigenvalue weighted by molar-refractivity contribution is -0.123. The van der Waals surface area contributed by atoms with Crippen LogP contribution in [0.5, 0.6) is 11.6 Å². The van der Waals surface area contributed by atoms with Crippen LogP contribution in [0.1, 0.15) is 47.3 Å². The Bertz CT molecular complexity index is 894. The molecule has 0 saturated heterocycles. The third-order valence-corrected chi connectivity index (χ3v) is 5.50. The number of nitrogens with one attached hydrogen (secondary N) is 1. The van der Waals surface area contributed by atoms with Crippen LogP contribution in [0.15, 0.2) is 36.4 Å². The monoisotopic (exact) mass is 395 g/mol. The molecule has 2 amide bonds. The summed E-state index contributed by atoms with van der Waals surface area (Å²) in [5.74, 6) is 0.850. The van der Waals surface area contributed by atoms with Gasteiger partial charge in [-0.1, -0.05) is 31.0 Å². The summed E-state index contributed by atoms with van der Waals surface area (Å²) in [6, 6.07) is 11.3. The molecule has 152 valence electrons. The zero-order chi connectivity index (χ0) is 20.2. The number of carbonyl (C=O) groups is 2. The minimum absolute atomic E-state index is 0.0297. The zero-order valence-electron chi connectivity index (χ0n) is 16.5. The second-order valence-corrected chi connectivity index (χ2v) is 7.40. The van der Waals surface area contributed by atoms with Gasteiger partial charge in [0.1, 0.15) is 5.75 Å². The SMILES string of the molecule is COc1nc2c(cc1CNC(=O)COc1ccccc1)C(=O)N(C1CCCC1)C2. The number of aromatic nitrogens is 1. The molecule has 1 aromatic carbocycles. The molecule has 2 aliphatic rings. The largest absolute Gasteiger partial charge is 0.484 e. The highest BCUT2D eigenvalue weighted by molar-refractivity contribution is 5.98. The molecule has 4 rings (SSSR count). The first-order valence-corrected chi connectivity index (χ1v) is 9.98. The molecule has 0 bridgehead atoms. The Balaban J connectivity index is 1.40. The van der Waals surface area contributed by atoms with Crippen LogP contribution in [0.4, 0.5) is 0 Å². The second kappa shape index (κ2) is 8.51. The van der Waals surface area contributed by atoms with Gasteiger partial charge in [-0.2, -0.15) is 0 Å². The summed E-state index contributed by atoms with van der Waals surface area (Å²) in [4.78, 5) is 31.5. The van der Waals surface area contributed by atoms with Crippen LogP contribution in [-0.4, -0.2) is 41.5 Å². The van der Waals surface area contributed by atoms with Gasteiger partial charge in [-0.05, 0) is 31.0 Å². The van der Waals surface area contributed by atoms with E-state index in [2.05, 4.69) is 10.3 Å². The van der Waals surface area contributed by atoms with Crippen LogP contribution in [0.3, 0.4) is 0 Å². The summed E-state index contributed by atoms with van der Waals surface area (Å²) >= 11 is 0. The van der Waals surface area contributed by atoms with E-state index in [4.69, 9.17) is 9.47 Å². The zero-order valence-corrected chi connectivity index (χ0v) is 16.5. The molecule has 1 aliphatic heterocycles. The van der Waals surface area contributed by atoms with Gasteiger partial charge in [0.25, 0.3) is 11.8 Å². The highest BCUT2D eigenvalue weighted by Gasteiger charge is 2.35. The minimum atomic E-state index is -0.254. The topological polar surface area (TPSA) is 80.8 Å². The number of ether oxygens (including phenoxy) is 2. The maximum Gasteiger partial charge on any atom is 0.258 e. The van der Waals surface area contributed by atoms with Gasteiger partial charge in [0.05, 0.1) is 24.9 Å². The second-order valence-electron chi connectivity index (χ2n) is 7.40. The van der Waals surface area contributed by atoms with Crippen molar-refractivity contribution in [1.29, 1.82) is 0 Å². The molecule has 2 aromatic rings. The molecule has 1 aliphatic carbocycles. The number of para-hydroxylation sites is 1. The molecule has 0 atom stereocenters. The summed E-state index contributed by atoms with van der Waals surface area (Å²) in [5, 5.41) is 2.81. The first kappa shape index (κ1) is 19.2. The molecule has 7 nitrogen and oxygen atoms in total. The van der Waals surface area contributed by atoms with Crippen molar-refractivity contribution >= 4 is 11.8 Å². The number of amides is 2. The van der Waals surface area contributed by atoms with E-state index in [-0.39, 0.29) is 25.0 Å². The Hall–Kier alpha value is -3.09. The number of hydrogen-bond acceptors (Lipinski definition) is 5. The molecular weight excluding hydrogens is 370 g/mol. The number of rotatable bonds is 7. The van der Waals surface area contributed by atoms with Crippen molar-refractivity contribution in [3.63, 3.8) is 0 Å². The average molecular weight is 395 g/mol. The summed E-state index contributed by atoms with van der Waals surface area (Å²) in [6.45, 7) is 0.670. The summed E-state index contributed by atoms with van der Waals surface area (Å²) < 4.78 is 10.9. The van der Waals surface area contributed by atoms with Gasteiger partial charge < -0.3 is 19.7 Å². The van der Waals surface area contributed by atoms with E-state index >= 15 is 0 Å². The molecular formula is C22H25N3O4. The molecule has 29 heavy (non-hydrogen) atoms. The van der Waals surface area contributed by atoms with Gasteiger partial charge in [0.2, 0.25) is 5.88 Å². The van der Waals surface area contributed by atoms with Crippen molar-refractivity contribution in [2.24, 2.45) is 0 Å². The third-order valence-electron chi connectivity index (χ3n) is 5.50. The minimum Gasteiger partial charge on any atom is -0.484 e. The Morgan fingerprint density at radius 1 is 1.24 bits per heavy atom. The highest BCUT2D eigenvalue weighted by atomic mass is 16.5. The predicted molar refractivity (Wildman–Crippen MR) is 107 cm³/mol. The molecule has 1 fully saturated rings. The molecule has 7 heteroatoms. The van der Waals surface area contributed by atoms with E-state index in [9.17, 15) is 9.59 Å². The lowest BCUT2D eigenvalue weighted by atomic mass is 10.1. The Kier molecular flexibility index (Phi) is 5.64. The van der Waals surface area contributed by atoms with Crippen molar-refractivity contribution in [3.05, 3.63) is 53.2 Å². The number of fused-ring (bicyclic) bond motifs is 1. The number of carbonyl (C=O) groups excluding carboxylic acids is 2. The van der Waals surface area contributed by atoms with Gasteiger partial charge in [-0.3, -0.25) is 9.59 Å². The van der Waals surface area contributed by atoms with E-state index in [0.717, 1.165) is 18.5 Å². The molecule has 1 saturated carbocycles. The fourth-order valence-corrected chi connectivity index (χ4v) is 3.99. The first-order chi connectivity index (χ1) is 14.2. The third kappa shape index (κ3) is 4.18. The van der Waals surface area contributed by atoms with Crippen molar-refractivity contribution in [3.8, 4) is 11.6 Å². The van der Waals surface area contributed by atoms with Crippen molar-refractivity contribution in [2.45, 2.75) is 44.8 Å². The number of methoxy groups -OCH3 is 1. The van der Waals surface area contributed by atoms with Crippen LogP contribution in [0.2, 0.25) is 0 Å². The van der Waals surface area contributed by atoms with Gasteiger partial charge in [0, 0.05) is 18.2 Å². The maximum absolute atomic E-state index is 12.9. The molecule has 0 radical (unpaired) electrons. The molecule has 0 unspecified atom stereocenters. The van der Waals surface area contributed by atoms with E-state index in [1.807, 2.05) is 23.1 Å². The number of hydrogen-bond donors (Lipinski definition) is 1. The van der Waals surface area contributed by atoms with Crippen molar-refractivity contribution < 1.29 is 19.1 Å².